The first-order chi connectivity index (χ1) is 20.5. The number of anilines is 2. The molecule has 0 aliphatic carbocycles. The monoisotopic (exact) mass is 640 g/mol. The maximum Gasteiger partial charge on any atom is 0.305 e. The standard InChI is InChI=1S/C28H21FN4O7S3/c29-15-3-7-17(8-4-15)33-26(35)22-21(23-25(32-28(37)42-23)41-24(22)27(33)36)14-1-9-18(10-2-14)40-13-20(34)31-16-5-11-19(12-6-16)43(30,38)39/h1-12,21-22,24H,13H2,(H,31,34)(H,32,37)(H2,30,38,39)/t21-,22-,24+/m0/s1. The van der Waals surface area contributed by atoms with Gasteiger partial charge in [0.05, 0.1) is 21.5 Å². The van der Waals surface area contributed by atoms with Gasteiger partial charge in [-0.25, -0.2) is 22.8 Å². The van der Waals surface area contributed by atoms with E-state index >= 15 is 0 Å². The summed E-state index contributed by atoms with van der Waals surface area (Å²) in [5, 5.41) is 7.41. The van der Waals surface area contributed by atoms with Crippen LogP contribution in [-0.4, -0.2) is 43.0 Å². The van der Waals surface area contributed by atoms with E-state index in [1.54, 1.807) is 24.3 Å². The molecular weight excluding hydrogens is 620 g/mol. The first kappa shape index (κ1) is 28.8. The molecule has 4 N–H and O–H groups in total. The molecule has 1 aromatic heterocycles. The van der Waals surface area contributed by atoms with Crippen LogP contribution in [0.3, 0.4) is 0 Å². The van der Waals surface area contributed by atoms with E-state index in [9.17, 15) is 32.0 Å². The molecule has 6 rings (SSSR count). The normalized spacial score (nSPS) is 19.6. The summed E-state index contributed by atoms with van der Waals surface area (Å²) in [4.78, 5) is 55.9. The number of imide groups is 1. The summed E-state index contributed by atoms with van der Waals surface area (Å²) in [7, 11) is -3.85. The van der Waals surface area contributed by atoms with Gasteiger partial charge < -0.3 is 15.0 Å². The molecule has 43 heavy (non-hydrogen) atoms. The van der Waals surface area contributed by atoms with Crippen molar-refractivity contribution in [2.45, 2.75) is 21.1 Å². The second kappa shape index (κ2) is 11.1. The van der Waals surface area contributed by atoms with E-state index in [1.165, 1.54) is 48.5 Å². The minimum atomic E-state index is -3.85. The molecule has 3 atom stereocenters. The maximum atomic E-state index is 13.7. The summed E-state index contributed by atoms with van der Waals surface area (Å²) in [5.74, 6) is -2.93. The second-order valence-corrected chi connectivity index (χ2v) is 13.4. The van der Waals surface area contributed by atoms with Crippen molar-refractivity contribution in [3.8, 4) is 5.75 Å². The molecule has 2 aliphatic rings. The third-order valence-electron chi connectivity index (χ3n) is 6.98. The lowest BCUT2D eigenvalue weighted by Gasteiger charge is -2.29. The third kappa shape index (κ3) is 5.59. The van der Waals surface area contributed by atoms with Crippen molar-refractivity contribution in [1.29, 1.82) is 0 Å². The molecule has 3 amide bonds. The van der Waals surface area contributed by atoms with Gasteiger partial charge in [0.1, 0.15) is 16.8 Å². The number of hydrogen-bond acceptors (Lipinski definition) is 9. The van der Waals surface area contributed by atoms with Crippen molar-refractivity contribution in [2.75, 3.05) is 16.8 Å². The van der Waals surface area contributed by atoms with Gasteiger partial charge >= 0.3 is 4.87 Å². The third-order valence-corrected chi connectivity index (χ3v) is 10.3. The fourth-order valence-electron chi connectivity index (χ4n) is 5.07. The van der Waals surface area contributed by atoms with E-state index in [1.807, 2.05) is 0 Å². The van der Waals surface area contributed by atoms with Crippen LogP contribution in [0.1, 0.15) is 16.4 Å². The first-order valence-electron chi connectivity index (χ1n) is 12.7. The molecule has 0 spiro atoms. The van der Waals surface area contributed by atoms with Crippen molar-refractivity contribution < 1.29 is 31.9 Å². The van der Waals surface area contributed by atoms with Gasteiger partial charge in [0, 0.05) is 16.5 Å². The number of hydrogen-bond donors (Lipinski definition) is 3. The molecular formula is C28H21FN4O7S3. The number of nitrogens with two attached hydrogens (primary N) is 1. The number of fused-ring (bicyclic) bond motifs is 2. The molecule has 3 aromatic carbocycles. The smallest absolute Gasteiger partial charge is 0.305 e. The number of H-pyrrole nitrogens is 1. The van der Waals surface area contributed by atoms with Crippen LogP contribution in [-0.2, 0) is 24.4 Å². The molecule has 11 nitrogen and oxygen atoms in total. The second-order valence-electron chi connectivity index (χ2n) is 9.71. The van der Waals surface area contributed by atoms with Crippen LogP contribution in [0, 0.1) is 11.7 Å². The Kier molecular flexibility index (Phi) is 7.41. The Bertz CT molecular complexity index is 1910. The van der Waals surface area contributed by atoms with Crippen molar-refractivity contribution in [3.05, 3.63) is 98.7 Å². The summed E-state index contributed by atoms with van der Waals surface area (Å²) < 4.78 is 41.9. The Labute approximate surface area is 251 Å². The fourth-order valence-corrected chi connectivity index (χ4v) is 8.10. The Morgan fingerprint density at radius 1 is 0.977 bits per heavy atom. The number of aromatic amines is 1. The van der Waals surface area contributed by atoms with Gasteiger partial charge in [0.15, 0.2) is 6.61 Å². The zero-order valence-corrected chi connectivity index (χ0v) is 24.3. The molecule has 1 fully saturated rings. The molecule has 0 radical (unpaired) electrons. The zero-order valence-electron chi connectivity index (χ0n) is 21.9. The number of halogens is 1. The number of aromatic nitrogens is 1. The topological polar surface area (TPSA) is 169 Å². The van der Waals surface area contributed by atoms with Gasteiger partial charge in [-0.3, -0.25) is 19.2 Å². The van der Waals surface area contributed by atoms with Crippen LogP contribution in [0.5, 0.6) is 5.75 Å². The van der Waals surface area contributed by atoms with Crippen molar-refractivity contribution in [1.82, 2.24) is 4.98 Å². The van der Waals surface area contributed by atoms with E-state index in [-0.39, 0.29) is 22.1 Å². The van der Waals surface area contributed by atoms with Crippen LogP contribution in [0.25, 0.3) is 0 Å². The van der Waals surface area contributed by atoms with Crippen LogP contribution in [0.15, 0.2) is 87.5 Å². The number of nitrogens with one attached hydrogen (secondary N) is 2. The van der Waals surface area contributed by atoms with E-state index in [0.29, 0.717) is 26.9 Å². The van der Waals surface area contributed by atoms with Crippen LogP contribution >= 0.6 is 23.1 Å². The highest BCUT2D eigenvalue weighted by Crippen LogP contribution is 2.53. The minimum absolute atomic E-state index is 0.0874. The molecule has 4 aromatic rings. The molecule has 0 unspecified atom stereocenters. The summed E-state index contributed by atoms with van der Waals surface area (Å²) in [6.07, 6.45) is 0. The van der Waals surface area contributed by atoms with Crippen LogP contribution < -0.4 is 25.0 Å². The summed E-state index contributed by atoms with van der Waals surface area (Å²) in [6, 6.07) is 17.1. The Hall–Kier alpha value is -4.31. The van der Waals surface area contributed by atoms with E-state index in [4.69, 9.17) is 9.88 Å². The lowest BCUT2D eigenvalue weighted by atomic mass is 9.83. The number of carbonyl (C=O) groups excluding carboxylic acids is 3. The zero-order chi connectivity index (χ0) is 30.5. The quantitative estimate of drug-likeness (QED) is 0.259. The number of thioether (sulfide) groups is 1. The number of rotatable bonds is 7. The largest absolute Gasteiger partial charge is 0.484 e. The van der Waals surface area contributed by atoms with Gasteiger partial charge in [-0.05, 0) is 66.2 Å². The van der Waals surface area contributed by atoms with Crippen molar-refractivity contribution >= 4 is 62.2 Å². The van der Waals surface area contributed by atoms with Gasteiger partial charge in [0.2, 0.25) is 21.8 Å². The predicted molar refractivity (Wildman–Crippen MR) is 157 cm³/mol. The first-order valence-corrected chi connectivity index (χ1v) is 15.9. The lowest BCUT2D eigenvalue weighted by Crippen LogP contribution is -2.32. The molecule has 15 heteroatoms. The minimum Gasteiger partial charge on any atom is -0.484 e. The SMILES string of the molecule is NS(=O)(=O)c1ccc(NC(=O)COc2ccc([C@@H]3c4sc(=O)[nH]c4S[C@H]4C(=O)N(c5ccc(F)cc5)C(=O)[C@@H]34)cc2)cc1. The Morgan fingerprint density at radius 3 is 2.30 bits per heavy atom. The highest BCUT2D eigenvalue weighted by Gasteiger charge is 2.56. The van der Waals surface area contributed by atoms with Gasteiger partial charge in [0.25, 0.3) is 5.91 Å². The number of benzene rings is 3. The number of nitrogens with zero attached hydrogens (tertiary/aromatic N) is 1. The molecule has 0 bridgehead atoms. The molecule has 1 saturated heterocycles. The Morgan fingerprint density at radius 2 is 1.65 bits per heavy atom. The molecule has 0 saturated carbocycles. The summed E-state index contributed by atoms with van der Waals surface area (Å²) in [5.41, 5.74) is 1.29. The lowest BCUT2D eigenvalue weighted by molar-refractivity contribution is -0.122. The van der Waals surface area contributed by atoms with E-state index < -0.39 is 50.6 Å². The number of carbonyl (C=O) groups is 3. The predicted octanol–water partition coefficient (Wildman–Crippen LogP) is 3.04. The fraction of sp³-hybridized carbons (Fsp3) is 0.143. The van der Waals surface area contributed by atoms with Crippen molar-refractivity contribution in [3.63, 3.8) is 0 Å². The average Bonchev–Trinajstić information content (AvgIpc) is 3.46. The maximum absolute atomic E-state index is 13.7. The molecule has 3 heterocycles. The number of amides is 3. The number of thiazole rings is 1. The van der Waals surface area contributed by atoms with Gasteiger partial charge in [-0.1, -0.05) is 35.2 Å². The number of sulfonamides is 1. The highest BCUT2D eigenvalue weighted by atomic mass is 32.2. The van der Waals surface area contributed by atoms with Crippen LogP contribution in [0.4, 0.5) is 15.8 Å². The Balaban J connectivity index is 1.20. The average molecular weight is 641 g/mol. The van der Waals surface area contributed by atoms with Gasteiger partial charge in [-0.15, -0.1) is 0 Å². The molecule has 220 valence electrons. The highest BCUT2D eigenvalue weighted by molar-refractivity contribution is 8.00. The van der Waals surface area contributed by atoms with E-state index in [0.717, 1.165) is 28.0 Å². The summed E-state index contributed by atoms with van der Waals surface area (Å²) in [6.45, 7) is -0.343. The van der Waals surface area contributed by atoms with Crippen molar-refractivity contribution in [2.24, 2.45) is 11.1 Å². The number of primary sulfonamides is 1. The molecule has 2 aliphatic heterocycles. The van der Waals surface area contributed by atoms with Gasteiger partial charge in [-0.2, -0.15) is 0 Å². The summed E-state index contributed by atoms with van der Waals surface area (Å²) >= 11 is 2.12. The van der Waals surface area contributed by atoms with E-state index in [2.05, 4.69) is 10.3 Å². The van der Waals surface area contributed by atoms with Crippen LogP contribution in [0.2, 0.25) is 0 Å². The number of ether oxygens (including phenoxy) is 1.